The minimum Gasteiger partial charge on any atom is -0.324 e. The van der Waals surface area contributed by atoms with Crippen LogP contribution in [0.5, 0.6) is 0 Å². The molecule has 0 atom stereocenters. The molecular weight excluding hydrogens is 308 g/mol. The van der Waals surface area contributed by atoms with E-state index in [-0.39, 0.29) is 23.6 Å². The van der Waals surface area contributed by atoms with E-state index in [2.05, 4.69) is 4.98 Å². The largest absolute Gasteiger partial charge is 0.324 e. The van der Waals surface area contributed by atoms with Gasteiger partial charge in [-0.2, -0.15) is 5.26 Å². The topological polar surface area (TPSA) is 65.5 Å². The number of benzene rings is 2. The molecule has 0 saturated heterocycles. The van der Waals surface area contributed by atoms with Crippen LogP contribution in [0.4, 0.5) is 0 Å². The Kier molecular flexibility index (Phi) is 5.29. The number of hydrogen-bond donors (Lipinski definition) is 1. The molecule has 0 amide bonds. The van der Waals surface area contributed by atoms with Gasteiger partial charge in [0.2, 0.25) is 0 Å². The zero-order valence-corrected chi connectivity index (χ0v) is 13.1. The van der Waals surface area contributed by atoms with Crippen LogP contribution in [0.15, 0.2) is 66.9 Å². The highest BCUT2D eigenvalue weighted by Crippen LogP contribution is 2.15. The zero-order chi connectivity index (χ0) is 15.4. The minimum atomic E-state index is 0. The molecular formula is C18H15ClN4. The fourth-order valence-corrected chi connectivity index (χ4v) is 2.28. The summed E-state index contributed by atoms with van der Waals surface area (Å²) >= 11 is 0. The van der Waals surface area contributed by atoms with Crippen molar-refractivity contribution in [3.05, 3.63) is 83.6 Å². The highest BCUT2D eigenvalue weighted by Gasteiger charge is 2.07. The van der Waals surface area contributed by atoms with Crippen molar-refractivity contribution in [3.8, 4) is 17.3 Å². The van der Waals surface area contributed by atoms with Gasteiger partial charge in [0.15, 0.2) is 11.2 Å². The molecule has 4 nitrogen and oxygen atoms in total. The van der Waals surface area contributed by atoms with E-state index >= 15 is 0 Å². The van der Waals surface area contributed by atoms with Gasteiger partial charge in [-0.25, -0.2) is 4.98 Å². The molecule has 0 aliphatic heterocycles. The van der Waals surface area contributed by atoms with Gasteiger partial charge in [-0.05, 0) is 5.56 Å². The molecule has 0 aliphatic rings. The number of nitrogens with zero attached hydrogens (tertiary/aromatic N) is 3. The smallest absolute Gasteiger partial charge is 0.183 e. The summed E-state index contributed by atoms with van der Waals surface area (Å²) in [4.78, 5) is 4.29. The van der Waals surface area contributed by atoms with Crippen molar-refractivity contribution < 1.29 is 0 Å². The number of nitriles is 1. The highest BCUT2D eigenvalue weighted by atomic mass is 35.5. The molecule has 0 spiro atoms. The lowest BCUT2D eigenvalue weighted by atomic mass is 10.1. The van der Waals surface area contributed by atoms with Gasteiger partial charge in [-0.1, -0.05) is 60.7 Å². The van der Waals surface area contributed by atoms with E-state index in [1.807, 2.05) is 72.9 Å². The van der Waals surface area contributed by atoms with Gasteiger partial charge < -0.3 is 4.57 Å². The molecule has 0 fully saturated rings. The second-order valence-electron chi connectivity index (χ2n) is 4.91. The summed E-state index contributed by atoms with van der Waals surface area (Å²) in [5, 5.41) is 17.4. The second-order valence-corrected chi connectivity index (χ2v) is 4.91. The first kappa shape index (κ1) is 16.5. The van der Waals surface area contributed by atoms with Gasteiger partial charge in [0.1, 0.15) is 6.07 Å². The molecule has 1 aromatic heterocycles. The Morgan fingerprint density at radius 2 is 1.61 bits per heavy atom. The van der Waals surface area contributed by atoms with E-state index in [0.717, 1.165) is 11.1 Å². The normalized spacial score (nSPS) is 9.70. The number of nitrogens with one attached hydrogen (secondary N) is 1. The zero-order valence-electron chi connectivity index (χ0n) is 12.3. The molecule has 0 radical (unpaired) electrons. The molecule has 5 heteroatoms. The Bertz CT molecular complexity index is 880. The maximum atomic E-state index is 9.23. The van der Waals surface area contributed by atoms with Crippen molar-refractivity contribution in [2.45, 2.75) is 6.54 Å². The average Bonchev–Trinajstić information content (AvgIpc) is 2.58. The molecule has 3 aromatic rings. The number of rotatable bonds is 3. The Morgan fingerprint density at radius 3 is 2.22 bits per heavy atom. The van der Waals surface area contributed by atoms with Gasteiger partial charge in [-0.3, -0.25) is 5.41 Å². The van der Waals surface area contributed by atoms with E-state index in [4.69, 9.17) is 5.41 Å². The molecule has 0 unspecified atom stereocenters. The van der Waals surface area contributed by atoms with Crippen LogP contribution in [0, 0.1) is 16.7 Å². The first-order chi connectivity index (χ1) is 10.8. The van der Waals surface area contributed by atoms with Crippen LogP contribution in [0.2, 0.25) is 0 Å². The summed E-state index contributed by atoms with van der Waals surface area (Å²) in [6.45, 7) is 0.538. The third kappa shape index (κ3) is 3.65. The lowest BCUT2D eigenvalue weighted by Crippen LogP contribution is -2.24. The summed E-state index contributed by atoms with van der Waals surface area (Å²) in [6, 6.07) is 21.6. The van der Waals surface area contributed by atoms with Crippen LogP contribution < -0.4 is 5.49 Å². The first-order valence-corrected chi connectivity index (χ1v) is 6.93. The second kappa shape index (κ2) is 7.39. The maximum Gasteiger partial charge on any atom is 0.183 e. The molecule has 0 aliphatic carbocycles. The Labute approximate surface area is 140 Å². The van der Waals surface area contributed by atoms with Gasteiger partial charge in [0.05, 0.1) is 5.69 Å². The van der Waals surface area contributed by atoms with Gasteiger partial charge >= 0.3 is 0 Å². The van der Waals surface area contributed by atoms with Crippen LogP contribution >= 0.6 is 12.4 Å². The molecule has 114 valence electrons. The summed E-state index contributed by atoms with van der Waals surface area (Å²) < 4.78 is 1.75. The molecule has 0 saturated carbocycles. The van der Waals surface area contributed by atoms with Crippen molar-refractivity contribution in [2.75, 3.05) is 0 Å². The van der Waals surface area contributed by atoms with Crippen molar-refractivity contribution in [1.82, 2.24) is 9.55 Å². The highest BCUT2D eigenvalue weighted by molar-refractivity contribution is 5.85. The molecule has 0 bridgehead atoms. The Morgan fingerprint density at radius 1 is 1.00 bits per heavy atom. The fourth-order valence-electron chi connectivity index (χ4n) is 2.28. The van der Waals surface area contributed by atoms with Crippen LogP contribution in [-0.4, -0.2) is 9.55 Å². The van der Waals surface area contributed by atoms with E-state index in [1.54, 1.807) is 4.57 Å². The molecule has 1 N–H and O–H groups in total. The SMILES string of the molecule is Cl.N#Cc1nc(-c2ccccc2)cn(Cc2ccccc2)c1=N. The molecule has 2 aromatic carbocycles. The third-order valence-corrected chi connectivity index (χ3v) is 3.39. The number of hydrogen-bond acceptors (Lipinski definition) is 3. The summed E-state index contributed by atoms with van der Waals surface area (Å²) in [5.41, 5.74) is 2.98. The first-order valence-electron chi connectivity index (χ1n) is 6.93. The summed E-state index contributed by atoms with van der Waals surface area (Å²) in [5.74, 6) is 0. The van der Waals surface area contributed by atoms with E-state index in [9.17, 15) is 5.26 Å². The Balaban J connectivity index is 0.00000192. The van der Waals surface area contributed by atoms with Crippen LogP contribution in [0.25, 0.3) is 11.3 Å². The van der Waals surface area contributed by atoms with Crippen molar-refractivity contribution >= 4 is 12.4 Å². The van der Waals surface area contributed by atoms with E-state index < -0.39 is 0 Å². The molecule has 23 heavy (non-hydrogen) atoms. The molecule has 1 heterocycles. The van der Waals surface area contributed by atoms with Gasteiger partial charge in [0, 0.05) is 18.3 Å². The van der Waals surface area contributed by atoms with Gasteiger partial charge in [0.25, 0.3) is 0 Å². The summed E-state index contributed by atoms with van der Waals surface area (Å²) in [6.07, 6.45) is 1.82. The fraction of sp³-hybridized carbons (Fsp3) is 0.0556. The van der Waals surface area contributed by atoms with Crippen LogP contribution in [0.3, 0.4) is 0 Å². The van der Waals surface area contributed by atoms with Crippen molar-refractivity contribution in [1.29, 1.82) is 10.7 Å². The quantitative estimate of drug-likeness (QED) is 0.803. The van der Waals surface area contributed by atoms with Gasteiger partial charge in [-0.15, -0.1) is 12.4 Å². The van der Waals surface area contributed by atoms with E-state index in [1.165, 1.54) is 0 Å². The lowest BCUT2D eigenvalue weighted by Gasteiger charge is -2.10. The summed E-state index contributed by atoms with van der Waals surface area (Å²) in [7, 11) is 0. The minimum absolute atomic E-state index is 0. The maximum absolute atomic E-state index is 9.23. The standard InChI is InChI=1S/C18H14N4.ClH/c19-11-16-18(20)22(12-14-7-3-1-4-8-14)13-17(21-16)15-9-5-2-6-10-15;/h1-10,13,20H,12H2;1H. The predicted octanol–water partition coefficient (Wildman–Crippen LogP) is 3.37. The average molecular weight is 323 g/mol. The van der Waals surface area contributed by atoms with Crippen molar-refractivity contribution in [2.24, 2.45) is 0 Å². The van der Waals surface area contributed by atoms with Crippen LogP contribution in [-0.2, 0) is 6.54 Å². The number of aromatic nitrogens is 2. The van der Waals surface area contributed by atoms with Crippen molar-refractivity contribution in [3.63, 3.8) is 0 Å². The van der Waals surface area contributed by atoms with Crippen LogP contribution in [0.1, 0.15) is 11.3 Å². The number of halogens is 1. The third-order valence-electron chi connectivity index (χ3n) is 3.39. The Hall–Kier alpha value is -2.90. The van der Waals surface area contributed by atoms with E-state index in [0.29, 0.717) is 12.2 Å². The lowest BCUT2D eigenvalue weighted by molar-refractivity contribution is 0.717. The molecule has 3 rings (SSSR count). The monoisotopic (exact) mass is 322 g/mol. The predicted molar refractivity (Wildman–Crippen MR) is 91.0 cm³/mol.